The van der Waals surface area contributed by atoms with Crippen LogP contribution in [-0.2, 0) is 16.0 Å². The van der Waals surface area contributed by atoms with Crippen LogP contribution in [0.15, 0.2) is 72.8 Å². The van der Waals surface area contributed by atoms with Crippen LogP contribution in [0.1, 0.15) is 12.0 Å². The zero-order valence-corrected chi connectivity index (χ0v) is 19.7. The molecule has 0 spiro atoms. The number of para-hydroxylation sites is 3. The highest BCUT2D eigenvalue weighted by Crippen LogP contribution is 2.35. The van der Waals surface area contributed by atoms with Crippen LogP contribution in [0.2, 0.25) is 0 Å². The van der Waals surface area contributed by atoms with Gasteiger partial charge in [-0.25, -0.2) is 0 Å². The van der Waals surface area contributed by atoms with Gasteiger partial charge in [0.2, 0.25) is 5.91 Å². The lowest BCUT2D eigenvalue weighted by atomic mass is 10.0. The van der Waals surface area contributed by atoms with Crippen molar-refractivity contribution in [2.75, 3.05) is 25.6 Å². The molecule has 7 heteroatoms. The minimum Gasteiger partial charge on any atom is -0.497 e. The molecule has 0 radical (unpaired) electrons. The number of anilines is 1. The van der Waals surface area contributed by atoms with E-state index in [0.29, 0.717) is 24.3 Å². The molecule has 0 saturated heterocycles. The lowest BCUT2D eigenvalue weighted by Crippen LogP contribution is -2.50. The third kappa shape index (κ3) is 4.33. The third-order valence-corrected chi connectivity index (χ3v) is 6.39. The second-order valence-corrected chi connectivity index (χ2v) is 8.45. The molecular weight excluding hydrogens is 442 g/mol. The van der Waals surface area contributed by atoms with Crippen LogP contribution in [0.3, 0.4) is 0 Å². The molecule has 2 N–H and O–H groups in total. The fourth-order valence-corrected chi connectivity index (χ4v) is 4.60. The molecule has 35 heavy (non-hydrogen) atoms. The Kier molecular flexibility index (Phi) is 6.14. The quantitative estimate of drug-likeness (QED) is 0.441. The van der Waals surface area contributed by atoms with Crippen LogP contribution in [-0.4, -0.2) is 43.6 Å². The Morgan fingerprint density at radius 2 is 1.80 bits per heavy atom. The first-order valence-corrected chi connectivity index (χ1v) is 11.6. The maximum absolute atomic E-state index is 13.5. The van der Waals surface area contributed by atoms with Gasteiger partial charge in [0.05, 0.1) is 19.3 Å². The fraction of sp³-hybridized carbons (Fsp3) is 0.214. The predicted octanol–water partition coefficient (Wildman–Crippen LogP) is 4.32. The smallest absolute Gasteiger partial charge is 0.262 e. The van der Waals surface area contributed by atoms with Crippen LogP contribution in [0, 0.1) is 0 Å². The highest BCUT2D eigenvalue weighted by Gasteiger charge is 2.33. The molecule has 0 saturated carbocycles. The Morgan fingerprint density at radius 1 is 1.06 bits per heavy atom. The standard InChI is InChI=1S/C28H27N3O4/c1-29-28(33)25-17-31(23-9-5-6-10-24(23)35-25)26(32)16-15-21-20-7-3-4-8-22(20)30-27(21)18-11-13-19(34-2)14-12-18/h3-14,25,30H,15-17H2,1-2H3,(H,29,33)/t25-/m0/s1. The molecule has 4 aromatic rings. The average molecular weight is 470 g/mol. The van der Waals surface area contributed by atoms with Crippen LogP contribution in [0.4, 0.5) is 5.69 Å². The number of hydrogen-bond donors (Lipinski definition) is 2. The van der Waals surface area contributed by atoms with Crippen LogP contribution < -0.4 is 19.7 Å². The number of amides is 2. The van der Waals surface area contributed by atoms with Crippen LogP contribution in [0.25, 0.3) is 22.2 Å². The molecule has 178 valence electrons. The Labute approximate surface area is 203 Å². The van der Waals surface area contributed by atoms with Gasteiger partial charge in [-0.1, -0.05) is 30.3 Å². The Morgan fingerprint density at radius 3 is 2.57 bits per heavy atom. The molecule has 1 aromatic heterocycles. The van der Waals surface area contributed by atoms with E-state index >= 15 is 0 Å². The van der Waals surface area contributed by atoms with Crippen molar-refractivity contribution in [3.05, 3.63) is 78.4 Å². The molecule has 5 rings (SSSR count). The number of carbonyl (C=O) groups is 2. The number of aryl methyl sites for hydroxylation is 1. The SMILES string of the molecule is CNC(=O)[C@@H]1CN(C(=O)CCc2c(-c3ccc(OC)cc3)[nH]c3ccccc23)c2ccccc2O1. The van der Waals surface area contributed by atoms with Gasteiger partial charge in [0, 0.05) is 30.1 Å². The molecule has 0 fully saturated rings. The van der Waals surface area contributed by atoms with Crippen LogP contribution in [0.5, 0.6) is 11.5 Å². The Hall–Kier alpha value is -4.26. The van der Waals surface area contributed by atoms with E-state index in [0.717, 1.165) is 33.5 Å². The van der Waals surface area contributed by atoms with E-state index in [1.807, 2.05) is 60.7 Å². The van der Waals surface area contributed by atoms with E-state index in [1.54, 1.807) is 25.1 Å². The fourth-order valence-electron chi connectivity index (χ4n) is 4.60. The number of aromatic amines is 1. The first-order valence-electron chi connectivity index (χ1n) is 11.6. The second kappa shape index (κ2) is 9.54. The predicted molar refractivity (Wildman–Crippen MR) is 136 cm³/mol. The molecule has 7 nitrogen and oxygen atoms in total. The number of likely N-dealkylation sites (N-methyl/N-ethyl adjacent to an activating group) is 1. The molecular formula is C28H27N3O4. The van der Waals surface area contributed by atoms with Gasteiger partial charge in [-0.15, -0.1) is 0 Å². The Bertz CT molecular complexity index is 1380. The Balaban J connectivity index is 1.44. The van der Waals surface area contributed by atoms with Crippen molar-refractivity contribution in [3.63, 3.8) is 0 Å². The van der Waals surface area contributed by atoms with Gasteiger partial charge in [-0.2, -0.15) is 0 Å². The molecule has 2 heterocycles. The summed E-state index contributed by atoms with van der Waals surface area (Å²) in [7, 11) is 3.21. The summed E-state index contributed by atoms with van der Waals surface area (Å²) in [6.45, 7) is 0.175. The lowest BCUT2D eigenvalue weighted by molar-refractivity contribution is -0.127. The number of nitrogens with one attached hydrogen (secondary N) is 2. The van der Waals surface area contributed by atoms with Crippen molar-refractivity contribution >= 4 is 28.4 Å². The molecule has 2 amide bonds. The third-order valence-electron chi connectivity index (χ3n) is 6.39. The molecule has 1 aliphatic heterocycles. The minimum absolute atomic E-state index is 0.0550. The maximum atomic E-state index is 13.5. The average Bonchev–Trinajstić information content (AvgIpc) is 3.29. The maximum Gasteiger partial charge on any atom is 0.262 e. The summed E-state index contributed by atoms with van der Waals surface area (Å²) >= 11 is 0. The first-order chi connectivity index (χ1) is 17.1. The summed E-state index contributed by atoms with van der Waals surface area (Å²) in [6.07, 6.45) is 0.0931. The van der Waals surface area contributed by atoms with E-state index in [-0.39, 0.29) is 18.4 Å². The van der Waals surface area contributed by atoms with Crippen LogP contribution >= 0.6 is 0 Å². The van der Waals surface area contributed by atoms with Gasteiger partial charge in [-0.05, 0) is 60.0 Å². The molecule has 1 aliphatic rings. The molecule has 0 unspecified atom stereocenters. The van der Waals surface area contributed by atoms with Gasteiger partial charge >= 0.3 is 0 Å². The zero-order valence-electron chi connectivity index (χ0n) is 19.7. The monoisotopic (exact) mass is 469 g/mol. The van der Waals surface area contributed by atoms with Crippen molar-refractivity contribution in [1.82, 2.24) is 10.3 Å². The molecule has 1 atom stereocenters. The molecule has 0 aliphatic carbocycles. The normalized spacial score (nSPS) is 14.8. The number of aromatic nitrogens is 1. The van der Waals surface area contributed by atoms with Crippen molar-refractivity contribution in [2.24, 2.45) is 0 Å². The summed E-state index contributed by atoms with van der Waals surface area (Å²) in [5.41, 5.74) is 4.82. The number of fused-ring (bicyclic) bond motifs is 2. The van der Waals surface area contributed by atoms with Crippen molar-refractivity contribution in [1.29, 1.82) is 0 Å². The van der Waals surface area contributed by atoms with E-state index in [1.165, 1.54) is 0 Å². The summed E-state index contributed by atoms with van der Waals surface area (Å²) in [5, 5.41) is 3.71. The van der Waals surface area contributed by atoms with Gasteiger partial charge in [0.25, 0.3) is 5.91 Å². The zero-order chi connectivity index (χ0) is 24.4. The van der Waals surface area contributed by atoms with Crippen molar-refractivity contribution < 1.29 is 19.1 Å². The number of rotatable bonds is 6. The molecule has 3 aromatic carbocycles. The van der Waals surface area contributed by atoms with Crippen molar-refractivity contribution in [3.8, 4) is 22.8 Å². The summed E-state index contributed by atoms with van der Waals surface area (Å²) < 4.78 is 11.2. The highest BCUT2D eigenvalue weighted by atomic mass is 16.5. The van der Waals surface area contributed by atoms with Gasteiger partial charge in [0.1, 0.15) is 11.5 Å². The van der Waals surface area contributed by atoms with E-state index in [9.17, 15) is 9.59 Å². The number of benzene rings is 3. The molecule has 0 bridgehead atoms. The van der Waals surface area contributed by atoms with Gasteiger partial charge < -0.3 is 24.7 Å². The van der Waals surface area contributed by atoms with Gasteiger partial charge in [0.15, 0.2) is 6.10 Å². The number of H-pyrrole nitrogens is 1. The summed E-state index contributed by atoms with van der Waals surface area (Å²) in [5.74, 6) is 1.02. The number of hydrogen-bond acceptors (Lipinski definition) is 4. The van der Waals surface area contributed by atoms with E-state index in [4.69, 9.17) is 9.47 Å². The van der Waals surface area contributed by atoms with E-state index < -0.39 is 6.10 Å². The van der Waals surface area contributed by atoms with E-state index in [2.05, 4.69) is 16.4 Å². The summed E-state index contributed by atoms with van der Waals surface area (Å²) in [4.78, 5) is 31.0. The van der Waals surface area contributed by atoms with Gasteiger partial charge in [-0.3, -0.25) is 9.59 Å². The summed E-state index contributed by atoms with van der Waals surface area (Å²) in [6, 6.07) is 23.3. The topological polar surface area (TPSA) is 83.7 Å². The largest absolute Gasteiger partial charge is 0.497 e. The number of nitrogens with zero attached hydrogens (tertiary/aromatic N) is 1. The number of ether oxygens (including phenoxy) is 2. The van der Waals surface area contributed by atoms with Crippen molar-refractivity contribution in [2.45, 2.75) is 18.9 Å². The number of carbonyl (C=O) groups excluding carboxylic acids is 2. The second-order valence-electron chi connectivity index (χ2n) is 8.45. The first kappa shape index (κ1) is 22.5. The highest BCUT2D eigenvalue weighted by molar-refractivity contribution is 5.98. The lowest BCUT2D eigenvalue weighted by Gasteiger charge is -2.34. The minimum atomic E-state index is -0.748. The number of methoxy groups -OCH3 is 1.